The number of ether oxygens (including phenoxy) is 5. The molecule has 6 nitrogen and oxygen atoms in total. The fourth-order valence-corrected chi connectivity index (χ4v) is 10.9. The standard InChI is InChI=1S/C47H45NO5/c1-44(2)25-45(3,4)27-46(26-44)37-22-28(24-48)8-17-33(37)40-39-34-19-21-52-43(34)38(51-7)23-36(39)42-35(41(40)46)18-20-47(53-42,29-9-13-31(49-5)14-10-29)30-11-15-32(50-6)16-12-30/h8-18,20,22-23H,19,21,25-27H2,1-7H3. The number of nitriles is 1. The molecule has 1 saturated carbocycles. The molecule has 0 saturated heterocycles. The predicted octanol–water partition coefficient (Wildman–Crippen LogP) is 10.5. The van der Waals surface area contributed by atoms with Crippen LogP contribution in [0.15, 0.2) is 78.9 Å². The van der Waals surface area contributed by atoms with Crippen LogP contribution in [-0.4, -0.2) is 27.9 Å². The van der Waals surface area contributed by atoms with Crippen LogP contribution >= 0.6 is 0 Å². The molecule has 5 aromatic carbocycles. The van der Waals surface area contributed by atoms with Gasteiger partial charge in [0.15, 0.2) is 17.1 Å². The minimum Gasteiger partial charge on any atom is -0.497 e. The molecule has 53 heavy (non-hydrogen) atoms. The van der Waals surface area contributed by atoms with Crippen molar-refractivity contribution in [3.63, 3.8) is 0 Å². The summed E-state index contributed by atoms with van der Waals surface area (Å²) >= 11 is 0. The first kappa shape index (κ1) is 33.4. The lowest BCUT2D eigenvalue weighted by atomic mass is 9.52. The molecule has 0 bridgehead atoms. The maximum absolute atomic E-state index is 10.2. The number of rotatable bonds is 5. The van der Waals surface area contributed by atoms with Crippen molar-refractivity contribution in [2.75, 3.05) is 27.9 Å². The lowest BCUT2D eigenvalue weighted by Gasteiger charge is -2.52. The summed E-state index contributed by atoms with van der Waals surface area (Å²) in [6.45, 7) is 10.2. The molecule has 0 unspecified atom stereocenters. The third-order valence-corrected chi connectivity index (χ3v) is 12.1. The molecular formula is C47H45NO5. The molecular weight excluding hydrogens is 659 g/mol. The Kier molecular flexibility index (Phi) is 7.28. The van der Waals surface area contributed by atoms with Crippen molar-refractivity contribution >= 4 is 16.8 Å². The topological polar surface area (TPSA) is 69.9 Å². The summed E-state index contributed by atoms with van der Waals surface area (Å²) in [5, 5.41) is 12.4. The van der Waals surface area contributed by atoms with Crippen molar-refractivity contribution in [3.05, 3.63) is 118 Å². The number of methoxy groups -OCH3 is 3. The van der Waals surface area contributed by atoms with Gasteiger partial charge in [0.25, 0.3) is 0 Å². The van der Waals surface area contributed by atoms with E-state index in [0.717, 1.165) is 81.7 Å². The molecule has 5 aromatic rings. The first-order chi connectivity index (χ1) is 25.5. The average Bonchev–Trinajstić information content (AvgIpc) is 3.74. The second kappa shape index (κ2) is 11.5. The fraction of sp³-hybridized carbons (Fsp3) is 0.340. The summed E-state index contributed by atoms with van der Waals surface area (Å²) in [5.41, 5.74) is 8.67. The smallest absolute Gasteiger partial charge is 0.178 e. The van der Waals surface area contributed by atoms with Gasteiger partial charge in [0.1, 0.15) is 17.2 Å². The van der Waals surface area contributed by atoms with Gasteiger partial charge in [0.05, 0.1) is 39.6 Å². The van der Waals surface area contributed by atoms with Gasteiger partial charge in [-0.3, -0.25) is 0 Å². The van der Waals surface area contributed by atoms with Crippen molar-refractivity contribution in [1.29, 1.82) is 5.26 Å². The van der Waals surface area contributed by atoms with Crippen LogP contribution in [0.2, 0.25) is 0 Å². The van der Waals surface area contributed by atoms with E-state index >= 15 is 0 Å². The molecule has 2 aliphatic carbocycles. The van der Waals surface area contributed by atoms with Gasteiger partial charge in [-0.2, -0.15) is 5.26 Å². The van der Waals surface area contributed by atoms with Gasteiger partial charge in [-0.1, -0.05) is 64.1 Å². The molecule has 0 aromatic heterocycles. The van der Waals surface area contributed by atoms with Crippen LogP contribution < -0.4 is 23.7 Å². The maximum Gasteiger partial charge on any atom is 0.178 e. The van der Waals surface area contributed by atoms with Crippen LogP contribution in [0.5, 0.6) is 28.7 Å². The first-order valence-electron chi connectivity index (χ1n) is 18.6. The molecule has 9 rings (SSSR count). The summed E-state index contributed by atoms with van der Waals surface area (Å²) in [7, 11) is 5.08. The van der Waals surface area contributed by atoms with E-state index in [1.54, 1.807) is 21.3 Å². The van der Waals surface area contributed by atoms with Crippen LogP contribution in [0, 0.1) is 22.2 Å². The Hall–Kier alpha value is -5.41. The quantitative estimate of drug-likeness (QED) is 0.181. The first-order valence-corrected chi connectivity index (χ1v) is 18.6. The highest BCUT2D eigenvalue weighted by Gasteiger charge is 2.56. The molecule has 0 amide bonds. The number of fused-ring (bicyclic) bond motifs is 12. The minimum atomic E-state index is -0.965. The minimum absolute atomic E-state index is 0.0469. The average molecular weight is 704 g/mol. The summed E-state index contributed by atoms with van der Waals surface area (Å²) in [6, 6.07) is 27.3. The summed E-state index contributed by atoms with van der Waals surface area (Å²) < 4.78 is 31.2. The van der Waals surface area contributed by atoms with Crippen molar-refractivity contribution in [3.8, 4) is 45.9 Å². The molecule has 268 valence electrons. The Morgan fingerprint density at radius 2 is 1.38 bits per heavy atom. The molecule has 2 aliphatic heterocycles. The van der Waals surface area contributed by atoms with Crippen LogP contribution in [0.3, 0.4) is 0 Å². The molecule has 2 heterocycles. The Labute approximate surface area is 311 Å². The van der Waals surface area contributed by atoms with Gasteiger partial charge in [-0.05, 0) is 101 Å². The van der Waals surface area contributed by atoms with Crippen LogP contribution in [0.1, 0.15) is 85.9 Å². The van der Waals surface area contributed by atoms with E-state index in [0.29, 0.717) is 17.9 Å². The van der Waals surface area contributed by atoms with Gasteiger partial charge in [-0.15, -0.1) is 0 Å². The second-order valence-electron chi connectivity index (χ2n) is 16.8. The highest BCUT2D eigenvalue weighted by atomic mass is 16.5. The number of hydrogen-bond acceptors (Lipinski definition) is 6. The van der Waals surface area contributed by atoms with E-state index in [9.17, 15) is 5.26 Å². The monoisotopic (exact) mass is 703 g/mol. The molecule has 0 radical (unpaired) electrons. The Balaban J connectivity index is 1.42. The van der Waals surface area contributed by atoms with E-state index in [1.807, 2.05) is 30.3 Å². The zero-order valence-electron chi connectivity index (χ0n) is 31.6. The van der Waals surface area contributed by atoms with E-state index in [2.05, 4.69) is 88.4 Å². The second-order valence-corrected chi connectivity index (χ2v) is 16.8. The molecule has 0 atom stereocenters. The van der Waals surface area contributed by atoms with Crippen LogP contribution in [0.25, 0.3) is 28.0 Å². The highest BCUT2D eigenvalue weighted by Crippen LogP contribution is 2.68. The van der Waals surface area contributed by atoms with Gasteiger partial charge in [0.2, 0.25) is 0 Å². The largest absolute Gasteiger partial charge is 0.497 e. The van der Waals surface area contributed by atoms with Gasteiger partial charge >= 0.3 is 0 Å². The third kappa shape index (κ3) is 4.82. The lowest BCUT2D eigenvalue weighted by Crippen LogP contribution is -2.44. The third-order valence-electron chi connectivity index (χ3n) is 12.1. The molecule has 1 fully saturated rings. The summed E-state index contributed by atoms with van der Waals surface area (Å²) in [4.78, 5) is 0. The van der Waals surface area contributed by atoms with Gasteiger partial charge in [-0.25, -0.2) is 0 Å². The van der Waals surface area contributed by atoms with Crippen molar-refractivity contribution in [2.45, 2.75) is 64.4 Å². The number of hydrogen-bond donors (Lipinski definition) is 0. The maximum atomic E-state index is 10.2. The van der Waals surface area contributed by atoms with Crippen LogP contribution in [0.4, 0.5) is 0 Å². The molecule has 4 aliphatic rings. The molecule has 1 spiro atoms. The van der Waals surface area contributed by atoms with Crippen LogP contribution in [-0.2, 0) is 17.4 Å². The predicted molar refractivity (Wildman–Crippen MR) is 208 cm³/mol. The fourth-order valence-electron chi connectivity index (χ4n) is 10.9. The van der Waals surface area contributed by atoms with E-state index in [4.69, 9.17) is 23.7 Å². The zero-order chi connectivity index (χ0) is 36.9. The van der Waals surface area contributed by atoms with Crippen molar-refractivity contribution < 1.29 is 23.7 Å². The van der Waals surface area contributed by atoms with E-state index in [-0.39, 0.29) is 16.2 Å². The van der Waals surface area contributed by atoms with Crippen molar-refractivity contribution in [2.24, 2.45) is 10.8 Å². The molecule has 6 heteroatoms. The molecule has 0 N–H and O–H groups in total. The van der Waals surface area contributed by atoms with E-state index in [1.165, 1.54) is 22.3 Å². The number of nitrogens with zero attached hydrogens (tertiary/aromatic N) is 1. The SMILES string of the molecule is COc1ccc(C2(c3ccc(OC)cc3)C=Cc3c4c(c5c6c(c(OC)cc5c3O2)OCC6)-c2ccc(C#N)cc2C42CC(C)(C)CC(C)(C)C2)cc1. The normalized spacial score (nSPS) is 18.9. The van der Waals surface area contributed by atoms with E-state index < -0.39 is 5.60 Å². The Bertz CT molecular complexity index is 2330. The number of benzene rings is 5. The highest BCUT2D eigenvalue weighted by molar-refractivity contribution is 6.11. The summed E-state index contributed by atoms with van der Waals surface area (Å²) in [5.74, 6) is 3.90. The Morgan fingerprint density at radius 1 is 0.736 bits per heavy atom. The summed E-state index contributed by atoms with van der Waals surface area (Å²) in [6.07, 6.45) is 8.35. The van der Waals surface area contributed by atoms with Gasteiger partial charge < -0.3 is 23.7 Å². The Morgan fingerprint density at radius 3 is 1.96 bits per heavy atom. The van der Waals surface area contributed by atoms with Crippen molar-refractivity contribution in [1.82, 2.24) is 0 Å². The lowest BCUT2D eigenvalue weighted by molar-refractivity contribution is 0.0641. The zero-order valence-corrected chi connectivity index (χ0v) is 31.6. The van der Waals surface area contributed by atoms with Gasteiger partial charge in [0, 0.05) is 44.9 Å².